The number of ether oxygens (including phenoxy) is 1. The Kier molecular flexibility index (Phi) is 6.88. The van der Waals surface area contributed by atoms with E-state index in [2.05, 4.69) is 10.3 Å². The fraction of sp³-hybridized carbons (Fsp3) is 0.304. The molecule has 1 heterocycles. The van der Waals surface area contributed by atoms with Crippen molar-refractivity contribution in [1.82, 2.24) is 10.3 Å². The Hall–Kier alpha value is -3.68. The minimum Gasteiger partial charge on any atom is -0.416 e. The second-order valence-electron chi connectivity index (χ2n) is 8.52. The van der Waals surface area contributed by atoms with E-state index in [1.54, 1.807) is 4.72 Å². The SMILES string of the molecule is C[C@@H](NC(=O)c1coc(Oc2cccc(C(F)(F)F)c2C2CC2)n1)c1cc(F)c(NS(C)(=O)=O)c(F)c1. The third kappa shape index (κ3) is 6.18. The average Bonchev–Trinajstić information content (AvgIpc) is 3.52. The van der Waals surface area contributed by atoms with Crippen molar-refractivity contribution >= 4 is 21.6 Å². The maximum absolute atomic E-state index is 14.3. The summed E-state index contributed by atoms with van der Waals surface area (Å²) in [6, 6.07) is 4.26. The van der Waals surface area contributed by atoms with Crippen LogP contribution in [0.15, 0.2) is 41.0 Å². The lowest BCUT2D eigenvalue weighted by Crippen LogP contribution is -2.27. The number of aromatic nitrogens is 1. The quantitative estimate of drug-likeness (QED) is 0.362. The Morgan fingerprint density at radius 3 is 2.41 bits per heavy atom. The lowest BCUT2D eigenvalue weighted by atomic mass is 10.0. The van der Waals surface area contributed by atoms with Gasteiger partial charge in [-0.3, -0.25) is 9.52 Å². The number of halogens is 5. The zero-order chi connectivity index (χ0) is 27.1. The van der Waals surface area contributed by atoms with Crippen molar-refractivity contribution in [3.63, 3.8) is 0 Å². The number of carbonyl (C=O) groups is 1. The predicted molar refractivity (Wildman–Crippen MR) is 121 cm³/mol. The van der Waals surface area contributed by atoms with Gasteiger partial charge in [-0.25, -0.2) is 17.2 Å². The molecule has 2 aromatic carbocycles. The molecule has 1 saturated carbocycles. The molecular weight excluding hydrogens is 525 g/mol. The van der Waals surface area contributed by atoms with E-state index >= 15 is 0 Å². The van der Waals surface area contributed by atoms with Crippen LogP contribution in [0.2, 0.25) is 0 Å². The lowest BCUT2D eigenvalue weighted by Gasteiger charge is -2.16. The van der Waals surface area contributed by atoms with E-state index in [4.69, 9.17) is 9.15 Å². The second-order valence-corrected chi connectivity index (χ2v) is 10.3. The van der Waals surface area contributed by atoms with Crippen LogP contribution >= 0.6 is 0 Å². The molecule has 14 heteroatoms. The minimum atomic E-state index is -4.58. The van der Waals surface area contributed by atoms with Crippen molar-refractivity contribution in [2.45, 2.75) is 37.9 Å². The van der Waals surface area contributed by atoms with Crippen molar-refractivity contribution in [2.24, 2.45) is 0 Å². The minimum absolute atomic E-state index is 0.00862. The molecule has 1 fully saturated rings. The zero-order valence-electron chi connectivity index (χ0n) is 19.3. The summed E-state index contributed by atoms with van der Waals surface area (Å²) < 4.78 is 104. The van der Waals surface area contributed by atoms with Crippen molar-refractivity contribution in [2.75, 3.05) is 11.0 Å². The van der Waals surface area contributed by atoms with Crippen LogP contribution in [-0.4, -0.2) is 25.6 Å². The highest BCUT2D eigenvalue weighted by molar-refractivity contribution is 7.92. The van der Waals surface area contributed by atoms with Gasteiger partial charge in [0.1, 0.15) is 17.7 Å². The number of hydrogen-bond donors (Lipinski definition) is 2. The van der Waals surface area contributed by atoms with Crippen molar-refractivity contribution in [3.8, 4) is 11.8 Å². The first-order valence-corrected chi connectivity index (χ1v) is 12.7. The number of sulfonamides is 1. The van der Waals surface area contributed by atoms with Gasteiger partial charge in [0.2, 0.25) is 10.0 Å². The molecule has 1 amide bonds. The molecule has 37 heavy (non-hydrogen) atoms. The van der Waals surface area contributed by atoms with Gasteiger partial charge in [0, 0.05) is 5.56 Å². The molecule has 8 nitrogen and oxygen atoms in total. The molecule has 0 aliphatic heterocycles. The number of rotatable bonds is 8. The number of carbonyl (C=O) groups excluding carboxylic acids is 1. The first kappa shape index (κ1) is 26.4. The summed E-state index contributed by atoms with van der Waals surface area (Å²) >= 11 is 0. The number of nitrogens with one attached hydrogen (secondary N) is 2. The number of alkyl halides is 3. The summed E-state index contributed by atoms with van der Waals surface area (Å²) in [5, 5.41) is 2.44. The Morgan fingerprint density at radius 1 is 1.19 bits per heavy atom. The average molecular weight is 545 g/mol. The monoisotopic (exact) mass is 545 g/mol. The van der Waals surface area contributed by atoms with Gasteiger partial charge >= 0.3 is 12.3 Å². The highest BCUT2D eigenvalue weighted by atomic mass is 32.2. The molecule has 0 unspecified atom stereocenters. The summed E-state index contributed by atoms with van der Waals surface area (Å²) in [6.45, 7) is 1.41. The van der Waals surface area contributed by atoms with Crippen LogP contribution in [0.5, 0.6) is 11.8 Å². The fourth-order valence-corrected chi connectivity index (χ4v) is 4.22. The van der Waals surface area contributed by atoms with E-state index < -0.39 is 57.1 Å². The maximum Gasteiger partial charge on any atom is 0.416 e. The first-order valence-electron chi connectivity index (χ1n) is 10.8. The standard InChI is InChI=1S/C23H20F5N3O5S/c1-11(13-8-15(24)20(16(25)9-13)31-37(2,33)34)29-21(32)17-10-35-22(30-17)36-18-5-3-4-14(23(26,27)28)19(18)12-6-7-12/h3-5,8-12,31H,6-7H2,1-2H3,(H,29,32)/t11-/m1/s1. The lowest BCUT2D eigenvalue weighted by molar-refractivity contribution is -0.138. The highest BCUT2D eigenvalue weighted by Gasteiger charge is 2.40. The smallest absolute Gasteiger partial charge is 0.416 e. The number of nitrogens with zero attached hydrogens (tertiary/aromatic N) is 1. The van der Waals surface area contributed by atoms with Crippen molar-refractivity contribution in [1.29, 1.82) is 0 Å². The Morgan fingerprint density at radius 2 is 1.84 bits per heavy atom. The maximum atomic E-state index is 14.3. The molecule has 1 atom stereocenters. The summed E-state index contributed by atoms with van der Waals surface area (Å²) in [5.74, 6) is -3.60. The predicted octanol–water partition coefficient (Wildman–Crippen LogP) is 5.50. The van der Waals surface area contributed by atoms with Crippen molar-refractivity contribution < 1.29 is 44.3 Å². The molecule has 0 saturated heterocycles. The molecule has 2 N–H and O–H groups in total. The number of benzene rings is 2. The summed E-state index contributed by atoms with van der Waals surface area (Å²) in [4.78, 5) is 16.4. The third-order valence-corrected chi connectivity index (χ3v) is 6.04. The molecule has 0 bridgehead atoms. The van der Waals surface area contributed by atoms with E-state index in [9.17, 15) is 35.2 Å². The normalized spacial score (nSPS) is 14.8. The van der Waals surface area contributed by atoms with Crippen LogP contribution in [0, 0.1) is 11.6 Å². The molecule has 0 radical (unpaired) electrons. The van der Waals surface area contributed by atoms with Gasteiger partial charge in [-0.15, -0.1) is 0 Å². The van der Waals surface area contributed by atoms with Gasteiger partial charge in [-0.2, -0.15) is 18.2 Å². The number of oxazole rings is 1. The van der Waals surface area contributed by atoms with Gasteiger partial charge in [0.05, 0.1) is 17.9 Å². The van der Waals surface area contributed by atoms with Crippen molar-refractivity contribution in [3.05, 3.63) is 70.6 Å². The molecule has 198 valence electrons. The van der Waals surface area contributed by atoms with E-state index in [1.165, 1.54) is 19.1 Å². The van der Waals surface area contributed by atoms with Gasteiger partial charge in [-0.05, 0) is 55.5 Å². The van der Waals surface area contributed by atoms with Crippen LogP contribution in [0.3, 0.4) is 0 Å². The van der Waals surface area contributed by atoms with Crippen LogP contribution in [-0.2, 0) is 16.2 Å². The largest absolute Gasteiger partial charge is 0.416 e. The molecule has 4 rings (SSSR count). The second kappa shape index (κ2) is 9.65. The molecule has 1 aliphatic rings. The topological polar surface area (TPSA) is 111 Å². The molecular formula is C23H20F5N3O5S. The Bertz CT molecular complexity index is 1430. The molecule has 1 aliphatic carbocycles. The van der Waals surface area contributed by atoms with Gasteiger partial charge < -0.3 is 14.5 Å². The molecule has 1 aromatic heterocycles. The van der Waals surface area contributed by atoms with Crippen LogP contribution in [0.4, 0.5) is 27.6 Å². The van der Waals surface area contributed by atoms with Gasteiger partial charge in [0.15, 0.2) is 17.3 Å². The summed E-state index contributed by atoms with van der Waals surface area (Å²) in [5.41, 5.74) is -1.99. The van der Waals surface area contributed by atoms with Crippen LogP contribution < -0.4 is 14.8 Å². The number of amides is 1. The number of anilines is 1. The Balaban J connectivity index is 1.49. The Labute approximate surface area is 207 Å². The third-order valence-electron chi connectivity index (χ3n) is 5.47. The van der Waals surface area contributed by atoms with Gasteiger partial charge in [0.25, 0.3) is 5.91 Å². The van der Waals surface area contributed by atoms with Crippen LogP contribution in [0.25, 0.3) is 0 Å². The molecule has 0 spiro atoms. The van der Waals surface area contributed by atoms with Crippen LogP contribution in [0.1, 0.15) is 58.9 Å². The van der Waals surface area contributed by atoms with E-state index in [0.29, 0.717) is 12.8 Å². The zero-order valence-corrected chi connectivity index (χ0v) is 20.1. The number of hydrogen-bond acceptors (Lipinski definition) is 6. The van der Waals surface area contributed by atoms with E-state index in [-0.39, 0.29) is 28.5 Å². The molecule has 3 aromatic rings. The highest BCUT2D eigenvalue weighted by Crippen LogP contribution is 2.50. The fourth-order valence-electron chi connectivity index (χ4n) is 3.66. The van der Waals surface area contributed by atoms with E-state index in [0.717, 1.165) is 30.7 Å². The first-order chi connectivity index (χ1) is 17.2. The van der Waals surface area contributed by atoms with Gasteiger partial charge in [-0.1, -0.05) is 6.07 Å². The summed E-state index contributed by atoms with van der Waals surface area (Å²) in [6.07, 6.45) is -2.24. The van der Waals surface area contributed by atoms with E-state index in [1.807, 2.05) is 0 Å². The summed E-state index contributed by atoms with van der Waals surface area (Å²) in [7, 11) is -3.93.